The van der Waals surface area contributed by atoms with Gasteiger partial charge in [-0.05, 0) is 68.0 Å². The second-order valence-corrected chi connectivity index (χ2v) is 11.4. The maximum Gasteiger partial charge on any atom is 0.406 e. The Morgan fingerprint density at radius 1 is 0.913 bits per heavy atom. The van der Waals surface area contributed by atoms with Crippen LogP contribution in [0, 0.1) is 0 Å². The van der Waals surface area contributed by atoms with E-state index in [-0.39, 0.29) is 18.1 Å². The van der Waals surface area contributed by atoms with Gasteiger partial charge in [-0.25, -0.2) is 0 Å². The number of rotatable bonds is 11. The largest absolute Gasteiger partial charge is 0.497 e. The SMILES string of the molecule is COc1ccc(Cn2nc(NC(=O)c3ccc(OC)c(Cl)c3)cc2C(=O)Nc2ccc(N3CCN(C)CC3)cc2NB(C)O)cc1. The summed E-state index contributed by atoms with van der Waals surface area (Å²) >= 11 is 6.23. The van der Waals surface area contributed by atoms with Gasteiger partial charge in [0.2, 0.25) is 0 Å². The van der Waals surface area contributed by atoms with Crippen molar-refractivity contribution >= 4 is 53.3 Å². The Morgan fingerprint density at radius 2 is 1.65 bits per heavy atom. The molecule has 0 spiro atoms. The molecule has 0 bridgehead atoms. The normalized spacial score (nSPS) is 13.2. The zero-order chi connectivity index (χ0) is 32.8. The second kappa shape index (κ2) is 14.6. The first kappa shape index (κ1) is 32.7. The molecule has 1 fully saturated rings. The Hall–Kier alpha value is -4.72. The summed E-state index contributed by atoms with van der Waals surface area (Å²) in [6.07, 6.45) is 0. The molecule has 1 aromatic heterocycles. The molecule has 2 heterocycles. The van der Waals surface area contributed by atoms with Gasteiger partial charge in [-0.15, -0.1) is 0 Å². The number of nitrogens with zero attached hydrogens (tertiary/aromatic N) is 4. The summed E-state index contributed by atoms with van der Waals surface area (Å²) < 4.78 is 12.0. The second-order valence-electron chi connectivity index (χ2n) is 11.0. The van der Waals surface area contributed by atoms with Crippen LogP contribution in [0.4, 0.5) is 22.9 Å². The summed E-state index contributed by atoms with van der Waals surface area (Å²) in [6, 6.07) is 19.3. The van der Waals surface area contributed by atoms with Gasteiger partial charge in [-0.1, -0.05) is 23.7 Å². The monoisotopic (exact) mass is 645 g/mol. The van der Waals surface area contributed by atoms with Gasteiger partial charge in [0.1, 0.15) is 17.2 Å². The van der Waals surface area contributed by atoms with Gasteiger partial charge < -0.3 is 40.2 Å². The highest BCUT2D eigenvalue weighted by atomic mass is 35.5. The molecule has 1 aliphatic heterocycles. The van der Waals surface area contributed by atoms with Crippen LogP contribution in [0.1, 0.15) is 26.4 Å². The molecule has 4 aromatic rings. The number of nitrogens with one attached hydrogen (secondary N) is 3. The molecular formula is C32H37BClN7O5. The van der Waals surface area contributed by atoms with Crippen molar-refractivity contribution in [1.82, 2.24) is 14.7 Å². The molecule has 0 unspecified atom stereocenters. The van der Waals surface area contributed by atoms with E-state index in [1.165, 1.54) is 23.9 Å². The third kappa shape index (κ3) is 7.92. The van der Waals surface area contributed by atoms with Gasteiger partial charge in [0.05, 0.1) is 31.5 Å². The number of halogens is 1. The topological polar surface area (TPSA) is 133 Å². The van der Waals surface area contributed by atoms with E-state index in [4.69, 9.17) is 21.1 Å². The first-order valence-electron chi connectivity index (χ1n) is 14.8. The van der Waals surface area contributed by atoms with E-state index in [0.717, 1.165) is 37.4 Å². The van der Waals surface area contributed by atoms with E-state index in [0.29, 0.717) is 33.5 Å². The first-order chi connectivity index (χ1) is 22.1. The minimum absolute atomic E-state index is 0.184. The summed E-state index contributed by atoms with van der Waals surface area (Å²) in [5.41, 5.74) is 3.43. The average molecular weight is 646 g/mol. The molecular weight excluding hydrogens is 609 g/mol. The molecule has 1 aliphatic rings. The number of ether oxygens (including phenoxy) is 2. The van der Waals surface area contributed by atoms with Crippen LogP contribution in [0.15, 0.2) is 66.7 Å². The first-order valence-corrected chi connectivity index (χ1v) is 15.2. The molecule has 1 saturated heterocycles. The van der Waals surface area contributed by atoms with Crippen LogP contribution >= 0.6 is 11.6 Å². The molecule has 46 heavy (non-hydrogen) atoms. The minimum atomic E-state index is -0.854. The minimum Gasteiger partial charge on any atom is -0.497 e. The van der Waals surface area contributed by atoms with Crippen molar-refractivity contribution in [3.8, 4) is 11.5 Å². The number of amides is 2. The Kier molecular flexibility index (Phi) is 10.4. The number of carbonyl (C=O) groups excluding carboxylic acids is 2. The smallest absolute Gasteiger partial charge is 0.406 e. The highest BCUT2D eigenvalue weighted by molar-refractivity contribution is 6.53. The van der Waals surface area contributed by atoms with Gasteiger partial charge in [0.15, 0.2) is 5.82 Å². The van der Waals surface area contributed by atoms with Crippen molar-refractivity contribution in [1.29, 1.82) is 0 Å². The van der Waals surface area contributed by atoms with E-state index in [1.807, 2.05) is 42.5 Å². The van der Waals surface area contributed by atoms with Crippen molar-refractivity contribution in [3.63, 3.8) is 0 Å². The zero-order valence-corrected chi connectivity index (χ0v) is 27.0. The van der Waals surface area contributed by atoms with Gasteiger partial charge in [0.25, 0.3) is 11.8 Å². The van der Waals surface area contributed by atoms with Crippen LogP contribution in [0.3, 0.4) is 0 Å². The summed E-state index contributed by atoms with van der Waals surface area (Å²) in [6.45, 7) is 5.50. The molecule has 12 nitrogen and oxygen atoms in total. The number of likely N-dealkylation sites (N-methyl/N-ethyl adjacent to an activating group) is 1. The third-order valence-corrected chi connectivity index (χ3v) is 7.94. The van der Waals surface area contributed by atoms with E-state index in [1.54, 1.807) is 26.1 Å². The van der Waals surface area contributed by atoms with E-state index >= 15 is 0 Å². The molecule has 2 amide bonds. The lowest BCUT2D eigenvalue weighted by molar-refractivity contribution is 0.101. The molecule has 3 aromatic carbocycles. The number of aromatic nitrogens is 2. The lowest BCUT2D eigenvalue weighted by atomic mass is 9.88. The molecule has 14 heteroatoms. The predicted octanol–water partition coefficient (Wildman–Crippen LogP) is 4.38. The number of piperazine rings is 1. The number of hydrogen-bond acceptors (Lipinski definition) is 9. The number of hydrogen-bond donors (Lipinski definition) is 4. The molecule has 4 N–H and O–H groups in total. The van der Waals surface area contributed by atoms with Gasteiger partial charge >= 0.3 is 7.05 Å². The van der Waals surface area contributed by atoms with Crippen LogP contribution in [0.25, 0.3) is 0 Å². The zero-order valence-electron chi connectivity index (χ0n) is 26.2. The van der Waals surface area contributed by atoms with Crippen LogP contribution in [-0.2, 0) is 6.54 Å². The number of methoxy groups -OCH3 is 2. The lowest BCUT2D eigenvalue weighted by Crippen LogP contribution is -2.44. The van der Waals surface area contributed by atoms with Crippen molar-refractivity contribution in [3.05, 3.63) is 88.6 Å². The average Bonchev–Trinajstić information content (AvgIpc) is 3.44. The van der Waals surface area contributed by atoms with Gasteiger partial charge in [-0.2, -0.15) is 5.10 Å². The highest BCUT2D eigenvalue weighted by Crippen LogP contribution is 2.30. The summed E-state index contributed by atoms with van der Waals surface area (Å²) in [5.74, 6) is 0.431. The van der Waals surface area contributed by atoms with Crippen molar-refractivity contribution in [2.45, 2.75) is 13.4 Å². The lowest BCUT2D eigenvalue weighted by Gasteiger charge is -2.34. The summed E-state index contributed by atoms with van der Waals surface area (Å²) in [7, 11) is 4.33. The standard InChI is InChI=1S/C32H37BClN7O5/c1-33(44)37-27-18-23(40-15-13-39(2)14-16-40)8-11-26(27)35-32(43)28-19-30(36-31(42)22-7-12-29(46-4)25(34)17-22)38-41(28)20-21-5-9-24(45-3)10-6-21/h5-12,17-19,37,44H,13-16,20H2,1-4H3,(H,35,43)(H,36,38,42). The molecule has 240 valence electrons. The van der Waals surface area contributed by atoms with E-state index in [2.05, 4.69) is 37.8 Å². The Morgan fingerprint density at radius 3 is 2.30 bits per heavy atom. The van der Waals surface area contributed by atoms with Crippen LogP contribution in [0.5, 0.6) is 11.5 Å². The van der Waals surface area contributed by atoms with Gasteiger partial charge in [0, 0.05) is 49.2 Å². The van der Waals surface area contributed by atoms with Crippen molar-refractivity contribution in [2.75, 3.05) is 68.2 Å². The summed E-state index contributed by atoms with van der Waals surface area (Å²) in [4.78, 5) is 31.5. The number of benzene rings is 3. The predicted molar refractivity (Wildman–Crippen MR) is 182 cm³/mol. The highest BCUT2D eigenvalue weighted by Gasteiger charge is 2.21. The Bertz CT molecular complexity index is 1690. The molecule has 0 aliphatic carbocycles. The summed E-state index contributed by atoms with van der Waals surface area (Å²) in [5, 5.41) is 23.8. The van der Waals surface area contributed by atoms with Gasteiger partial charge in [-0.3, -0.25) is 14.3 Å². The number of anilines is 4. The van der Waals surface area contributed by atoms with E-state index in [9.17, 15) is 14.6 Å². The molecule has 0 saturated carbocycles. The third-order valence-electron chi connectivity index (χ3n) is 7.64. The quantitative estimate of drug-likeness (QED) is 0.175. The van der Waals surface area contributed by atoms with Crippen LogP contribution in [-0.4, -0.2) is 86.0 Å². The molecule has 0 atom stereocenters. The Balaban J connectivity index is 1.42. The maximum atomic E-state index is 13.8. The van der Waals surface area contributed by atoms with Crippen molar-refractivity contribution < 1.29 is 24.1 Å². The van der Waals surface area contributed by atoms with Crippen molar-refractivity contribution in [2.24, 2.45) is 0 Å². The Labute approximate surface area is 273 Å². The maximum absolute atomic E-state index is 13.8. The van der Waals surface area contributed by atoms with Crippen LogP contribution < -0.4 is 30.2 Å². The molecule has 5 rings (SSSR count). The van der Waals surface area contributed by atoms with E-state index < -0.39 is 18.9 Å². The fourth-order valence-electron chi connectivity index (χ4n) is 5.11. The molecule has 0 radical (unpaired) electrons. The fraction of sp³-hybridized carbons (Fsp3) is 0.281. The number of carbonyl (C=O) groups is 2. The van der Waals surface area contributed by atoms with Crippen LogP contribution in [0.2, 0.25) is 11.8 Å². The fourth-order valence-corrected chi connectivity index (χ4v) is 5.37.